The molecule has 1 aromatic carbocycles. The first kappa shape index (κ1) is 18.0. The molecule has 0 spiro atoms. The fourth-order valence-corrected chi connectivity index (χ4v) is 2.60. The second kappa shape index (κ2) is 7.19. The van der Waals surface area contributed by atoms with Crippen LogP contribution in [-0.2, 0) is 24.4 Å². The van der Waals surface area contributed by atoms with Gasteiger partial charge >= 0.3 is 12.1 Å². The van der Waals surface area contributed by atoms with Crippen LogP contribution in [0.25, 0.3) is 0 Å². The van der Waals surface area contributed by atoms with Crippen LogP contribution in [0.1, 0.15) is 37.6 Å². The van der Waals surface area contributed by atoms with E-state index >= 15 is 0 Å². The first-order chi connectivity index (χ1) is 12.4. The lowest BCUT2D eigenvalue weighted by molar-refractivity contribution is 0.0240. The molecule has 1 aromatic heterocycles. The van der Waals surface area contributed by atoms with Gasteiger partial charge in [-0.3, -0.25) is 4.90 Å². The predicted octanol–water partition coefficient (Wildman–Crippen LogP) is 3.31. The van der Waals surface area contributed by atoms with Crippen LogP contribution in [0, 0.1) is 0 Å². The lowest BCUT2D eigenvalue weighted by atomic mass is 10.2. The van der Waals surface area contributed by atoms with Crippen molar-refractivity contribution in [2.24, 2.45) is 0 Å². The third-order valence-electron chi connectivity index (χ3n) is 3.78. The smallest absolute Gasteiger partial charge is 0.410 e. The van der Waals surface area contributed by atoms with E-state index in [0.29, 0.717) is 31.3 Å². The molecule has 138 valence electrons. The van der Waals surface area contributed by atoms with Gasteiger partial charge in [-0.1, -0.05) is 30.3 Å². The Balaban J connectivity index is 1.78. The summed E-state index contributed by atoms with van der Waals surface area (Å²) < 4.78 is 16.5. The third kappa shape index (κ3) is 4.22. The normalized spacial score (nSPS) is 13.3. The molecule has 7 heteroatoms. The van der Waals surface area contributed by atoms with Gasteiger partial charge in [0.05, 0.1) is 31.5 Å². The molecule has 0 bridgehead atoms. The van der Waals surface area contributed by atoms with E-state index in [0.717, 1.165) is 11.1 Å². The maximum atomic E-state index is 12.4. The zero-order valence-corrected chi connectivity index (χ0v) is 15.5. The van der Waals surface area contributed by atoms with Crippen molar-refractivity contribution in [3.63, 3.8) is 0 Å². The molecular weight excluding hydrogens is 334 g/mol. The molecule has 1 amide bonds. The van der Waals surface area contributed by atoms with E-state index in [4.69, 9.17) is 14.2 Å². The Morgan fingerprint density at radius 1 is 1.15 bits per heavy atom. The van der Waals surface area contributed by atoms with Gasteiger partial charge in [0, 0.05) is 0 Å². The van der Waals surface area contributed by atoms with E-state index in [2.05, 4.69) is 9.97 Å². The summed E-state index contributed by atoms with van der Waals surface area (Å²) >= 11 is 0. The van der Waals surface area contributed by atoms with Crippen LogP contribution in [0.3, 0.4) is 0 Å². The number of amides is 1. The Labute approximate surface area is 152 Å². The molecule has 7 nitrogen and oxygen atoms in total. The predicted molar refractivity (Wildman–Crippen MR) is 94.8 cm³/mol. The van der Waals surface area contributed by atoms with Crippen LogP contribution >= 0.6 is 0 Å². The summed E-state index contributed by atoms with van der Waals surface area (Å²) in [6, 6.07) is 10.0. The highest BCUT2D eigenvalue weighted by atomic mass is 16.6. The van der Waals surface area contributed by atoms with Crippen molar-refractivity contribution in [2.75, 3.05) is 7.11 Å². The van der Waals surface area contributed by atoms with Crippen molar-refractivity contribution in [1.29, 1.82) is 0 Å². The standard InChI is InChI=1S/C19H23N3O4/c1-19(2,3)26-18(23)22-10-14-15(11-22)20-17(24-4)21-16(14)25-12-13-8-6-5-7-9-13/h5-9H,10-12H2,1-4H3. The summed E-state index contributed by atoms with van der Waals surface area (Å²) in [5, 5.41) is 0. The molecule has 3 rings (SSSR count). The average molecular weight is 357 g/mol. The highest BCUT2D eigenvalue weighted by Gasteiger charge is 2.32. The lowest BCUT2D eigenvalue weighted by Gasteiger charge is -2.23. The molecule has 26 heavy (non-hydrogen) atoms. The minimum absolute atomic E-state index is 0.220. The second-order valence-electron chi connectivity index (χ2n) is 7.05. The van der Waals surface area contributed by atoms with Crippen LogP contribution in [-0.4, -0.2) is 33.7 Å². The number of benzene rings is 1. The molecule has 0 saturated heterocycles. The van der Waals surface area contributed by atoms with Crippen molar-refractivity contribution in [3.05, 3.63) is 47.2 Å². The van der Waals surface area contributed by atoms with Gasteiger partial charge in [0.1, 0.15) is 12.2 Å². The molecule has 0 radical (unpaired) electrons. The summed E-state index contributed by atoms with van der Waals surface area (Å²) in [5.74, 6) is 0.432. The van der Waals surface area contributed by atoms with Crippen LogP contribution in [0.5, 0.6) is 11.9 Å². The largest absolute Gasteiger partial charge is 0.472 e. The topological polar surface area (TPSA) is 73.8 Å². The van der Waals surface area contributed by atoms with Crippen molar-refractivity contribution in [2.45, 2.75) is 46.1 Å². The number of carbonyl (C=O) groups excluding carboxylic acids is 1. The summed E-state index contributed by atoms with van der Waals surface area (Å²) in [4.78, 5) is 22.6. The summed E-state index contributed by atoms with van der Waals surface area (Å²) in [7, 11) is 1.50. The van der Waals surface area contributed by atoms with Gasteiger partial charge in [0.25, 0.3) is 0 Å². The highest BCUT2D eigenvalue weighted by molar-refractivity contribution is 5.69. The van der Waals surface area contributed by atoms with Gasteiger partial charge < -0.3 is 14.2 Å². The number of carbonyl (C=O) groups is 1. The van der Waals surface area contributed by atoms with Crippen molar-refractivity contribution in [1.82, 2.24) is 14.9 Å². The summed E-state index contributed by atoms with van der Waals surface area (Å²) in [5.41, 5.74) is 1.97. The second-order valence-corrected chi connectivity index (χ2v) is 7.05. The van der Waals surface area contributed by atoms with E-state index < -0.39 is 5.60 Å². The van der Waals surface area contributed by atoms with Crippen molar-refractivity contribution in [3.8, 4) is 11.9 Å². The zero-order valence-electron chi connectivity index (χ0n) is 15.5. The fourth-order valence-electron chi connectivity index (χ4n) is 2.60. The molecule has 0 unspecified atom stereocenters. The molecule has 0 saturated carbocycles. The summed E-state index contributed by atoms with van der Waals surface area (Å²) in [6.07, 6.45) is -0.386. The highest BCUT2D eigenvalue weighted by Crippen LogP contribution is 2.31. The number of hydrogen-bond donors (Lipinski definition) is 0. The summed E-state index contributed by atoms with van der Waals surface area (Å²) in [6.45, 7) is 6.57. The minimum Gasteiger partial charge on any atom is -0.472 e. The Morgan fingerprint density at radius 2 is 1.88 bits per heavy atom. The Morgan fingerprint density at radius 3 is 2.54 bits per heavy atom. The van der Waals surface area contributed by atoms with Gasteiger partial charge in [-0.15, -0.1) is 0 Å². The SMILES string of the molecule is COc1nc2c(c(OCc3ccccc3)n1)CN(C(=O)OC(C)(C)C)C2. The van der Waals surface area contributed by atoms with Crippen molar-refractivity contribution < 1.29 is 19.0 Å². The monoisotopic (exact) mass is 357 g/mol. The Bertz CT molecular complexity index is 787. The molecular formula is C19H23N3O4. The first-order valence-electron chi connectivity index (χ1n) is 8.44. The number of hydrogen-bond acceptors (Lipinski definition) is 6. The van der Waals surface area contributed by atoms with Crippen molar-refractivity contribution >= 4 is 6.09 Å². The third-order valence-corrected chi connectivity index (χ3v) is 3.78. The van der Waals surface area contributed by atoms with Crippen LogP contribution < -0.4 is 9.47 Å². The van der Waals surface area contributed by atoms with Gasteiger partial charge in [0.15, 0.2) is 0 Å². The number of ether oxygens (including phenoxy) is 3. The van der Waals surface area contributed by atoms with Gasteiger partial charge in [0.2, 0.25) is 5.88 Å². The van der Waals surface area contributed by atoms with Crippen LogP contribution in [0.4, 0.5) is 4.79 Å². The van der Waals surface area contributed by atoms with Crippen LogP contribution in [0.2, 0.25) is 0 Å². The molecule has 1 aliphatic rings. The molecule has 2 heterocycles. The van der Waals surface area contributed by atoms with E-state index in [9.17, 15) is 4.79 Å². The zero-order chi connectivity index (χ0) is 18.7. The van der Waals surface area contributed by atoms with Gasteiger partial charge in [-0.05, 0) is 26.3 Å². The number of fused-ring (bicyclic) bond motifs is 1. The lowest BCUT2D eigenvalue weighted by Crippen LogP contribution is -2.33. The van der Waals surface area contributed by atoms with E-state index in [-0.39, 0.29) is 12.1 Å². The molecule has 1 aliphatic heterocycles. The quantitative estimate of drug-likeness (QED) is 0.836. The molecule has 0 fully saturated rings. The average Bonchev–Trinajstić information content (AvgIpc) is 3.03. The number of methoxy groups -OCH3 is 1. The van der Waals surface area contributed by atoms with E-state index in [1.165, 1.54) is 7.11 Å². The fraction of sp³-hybridized carbons (Fsp3) is 0.421. The first-order valence-corrected chi connectivity index (χ1v) is 8.44. The van der Waals surface area contributed by atoms with Crippen LogP contribution in [0.15, 0.2) is 30.3 Å². The number of aromatic nitrogens is 2. The molecule has 0 atom stereocenters. The van der Waals surface area contributed by atoms with E-state index in [1.807, 2.05) is 51.1 Å². The van der Waals surface area contributed by atoms with E-state index in [1.54, 1.807) is 4.90 Å². The molecule has 2 aromatic rings. The minimum atomic E-state index is -0.554. The number of rotatable bonds is 4. The molecule has 0 N–H and O–H groups in total. The number of nitrogens with zero attached hydrogens (tertiary/aromatic N) is 3. The Hall–Kier alpha value is -2.83. The van der Waals surface area contributed by atoms with Gasteiger partial charge in [-0.25, -0.2) is 4.79 Å². The maximum Gasteiger partial charge on any atom is 0.410 e. The molecule has 0 aliphatic carbocycles. The van der Waals surface area contributed by atoms with Gasteiger partial charge in [-0.2, -0.15) is 9.97 Å². The maximum absolute atomic E-state index is 12.4. The Kier molecular flexibility index (Phi) is 4.97.